The van der Waals surface area contributed by atoms with E-state index in [0.29, 0.717) is 0 Å². The molecular formula is C18H28N4O2. The summed E-state index contributed by atoms with van der Waals surface area (Å²) < 4.78 is 8.22. The first kappa shape index (κ1) is 16.1. The van der Waals surface area contributed by atoms with E-state index in [0.717, 1.165) is 50.8 Å². The molecule has 1 atom stereocenters. The van der Waals surface area contributed by atoms with Crippen LogP contribution in [0.3, 0.4) is 0 Å². The third-order valence-corrected chi connectivity index (χ3v) is 6.17. The zero-order valence-corrected chi connectivity index (χ0v) is 14.8. The zero-order chi connectivity index (χ0) is 16.7. The highest BCUT2D eigenvalue weighted by Crippen LogP contribution is 2.38. The van der Waals surface area contributed by atoms with Gasteiger partial charge in [0.15, 0.2) is 0 Å². The molecule has 1 aliphatic carbocycles. The van der Waals surface area contributed by atoms with E-state index in [1.165, 1.54) is 12.8 Å². The first-order chi connectivity index (χ1) is 11.6. The van der Waals surface area contributed by atoms with Crippen LogP contribution >= 0.6 is 0 Å². The number of hydrogen-bond donors (Lipinski definition) is 0. The molecule has 2 saturated heterocycles. The standard InChI is InChI=1S/C18H28N4O2/c1-14-18(24-13-17(23)22(14)11-15-3-4-15)5-8-21(9-6-18)12-16-19-7-10-20(16)2/h7,10,14-15H,3-6,8-9,11-13H2,1-2H3/t14-/m1/s1. The Morgan fingerprint density at radius 2 is 2.08 bits per heavy atom. The van der Waals surface area contributed by atoms with Crippen LogP contribution in [0, 0.1) is 5.92 Å². The molecule has 3 fully saturated rings. The Kier molecular flexibility index (Phi) is 4.12. The topological polar surface area (TPSA) is 50.6 Å². The Labute approximate surface area is 143 Å². The predicted octanol–water partition coefficient (Wildman–Crippen LogP) is 1.41. The SMILES string of the molecule is C[C@H]1N(CC2CC2)C(=O)COC12CCN(Cc1nccn1C)CC2. The lowest BCUT2D eigenvalue weighted by Crippen LogP contribution is -2.64. The van der Waals surface area contributed by atoms with E-state index in [1.54, 1.807) is 0 Å². The fourth-order valence-corrected chi connectivity index (χ4v) is 4.15. The molecule has 1 saturated carbocycles. The third kappa shape index (κ3) is 2.97. The Bertz CT molecular complexity index is 602. The van der Waals surface area contributed by atoms with Crippen molar-refractivity contribution in [3.8, 4) is 0 Å². The maximum absolute atomic E-state index is 12.3. The highest BCUT2D eigenvalue weighted by Gasteiger charge is 2.48. The van der Waals surface area contributed by atoms with E-state index in [2.05, 4.69) is 26.3 Å². The molecule has 1 aromatic rings. The van der Waals surface area contributed by atoms with Gasteiger partial charge in [-0.1, -0.05) is 0 Å². The lowest BCUT2D eigenvalue weighted by Gasteiger charge is -2.51. The minimum atomic E-state index is -0.152. The van der Waals surface area contributed by atoms with Crippen molar-refractivity contribution in [1.29, 1.82) is 0 Å². The van der Waals surface area contributed by atoms with Crippen molar-refractivity contribution in [2.75, 3.05) is 26.2 Å². The van der Waals surface area contributed by atoms with Crippen LogP contribution in [-0.2, 0) is 23.1 Å². The second-order valence-corrected chi connectivity index (χ2v) is 7.75. The Morgan fingerprint density at radius 1 is 1.33 bits per heavy atom. The van der Waals surface area contributed by atoms with E-state index in [-0.39, 0.29) is 24.2 Å². The lowest BCUT2D eigenvalue weighted by atomic mass is 9.82. The molecule has 0 aromatic carbocycles. The number of ether oxygens (including phenoxy) is 1. The number of nitrogens with zero attached hydrogens (tertiary/aromatic N) is 4. The number of likely N-dealkylation sites (tertiary alicyclic amines) is 1. The number of carbonyl (C=O) groups is 1. The van der Waals surface area contributed by atoms with Crippen molar-refractivity contribution >= 4 is 5.91 Å². The number of hydrogen-bond acceptors (Lipinski definition) is 4. The maximum Gasteiger partial charge on any atom is 0.248 e. The molecule has 3 aliphatic rings. The average molecular weight is 332 g/mol. The molecular weight excluding hydrogens is 304 g/mol. The van der Waals surface area contributed by atoms with Crippen molar-refractivity contribution in [1.82, 2.24) is 19.4 Å². The number of amides is 1. The van der Waals surface area contributed by atoms with Crippen LogP contribution in [0.2, 0.25) is 0 Å². The van der Waals surface area contributed by atoms with Crippen LogP contribution in [0.1, 0.15) is 38.4 Å². The Morgan fingerprint density at radius 3 is 2.71 bits per heavy atom. The van der Waals surface area contributed by atoms with E-state index in [1.807, 2.05) is 19.4 Å². The number of carbonyl (C=O) groups excluding carboxylic acids is 1. The summed E-state index contributed by atoms with van der Waals surface area (Å²) >= 11 is 0. The molecule has 2 aliphatic heterocycles. The first-order valence-electron chi connectivity index (χ1n) is 9.19. The summed E-state index contributed by atoms with van der Waals surface area (Å²) in [6.07, 6.45) is 8.40. The van der Waals surface area contributed by atoms with Crippen LogP contribution in [0.4, 0.5) is 0 Å². The number of aryl methyl sites for hydroxylation is 1. The van der Waals surface area contributed by atoms with Gasteiger partial charge in [-0.05, 0) is 38.5 Å². The highest BCUT2D eigenvalue weighted by molar-refractivity contribution is 5.78. The van der Waals surface area contributed by atoms with E-state index >= 15 is 0 Å². The molecule has 0 bridgehead atoms. The number of piperidine rings is 1. The van der Waals surface area contributed by atoms with Crippen molar-refractivity contribution in [2.45, 2.75) is 50.8 Å². The predicted molar refractivity (Wildman–Crippen MR) is 90.3 cm³/mol. The van der Waals surface area contributed by atoms with Gasteiger partial charge in [0.05, 0.1) is 18.2 Å². The zero-order valence-electron chi connectivity index (χ0n) is 14.8. The molecule has 0 radical (unpaired) electrons. The molecule has 6 heteroatoms. The molecule has 132 valence electrons. The number of morpholine rings is 1. The summed E-state index contributed by atoms with van der Waals surface area (Å²) in [7, 11) is 2.04. The molecule has 0 unspecified atom stereocenters. The molecule has 0 N–H and O–H groups in total. The van der Waals surface area contributed by atoms with Crippen molar-refractivity contribution in [3.05, 3.63) is 18.2 Å². The second kappa shape index (κ2) is 6.15. The average Bonchev–Trinajstić information content (AvgIpc) is 3.32. The molecule has 1 amide bonds. The molecule has 1 spiro atoms. The van der Waals surface area contributed by atoms with Crippen molar-refractivity contribution in [2.24, 2.45) is 13.0 Å². The number of aromatic nitrogens is 2. The molecule has 6 nitrogen and oxygen atoms in total. The van der Waals surface area contributed by atoms with E-state index in [9.17, 15) is 4.79 Å². The summed E-state index contributed by atoms with van der Waals surface area (Å²) in [4.78, 5) is 21.3. The van der Waals surface area contributed by atoms with Gasteiger partial charge in [0.25, 0.3) is 0 Å². The largest absolute Gasteiger partial charge is 0.363 e. The van der Waals surface area contributed by atoms with Crippen molar-refractivity contribution in [3.63, 3.8) is 0 Å². The quantitative estimate of drug-likeness (QED) is 0.837. The van der Waals surface area contributed by atoms with Gasteiger partial charge in [0, 0.05) is 39.1 Å². The van der Waals surface area contributed by atoms with Gasteiger partial charge in [0.2, 0.25) is 5.91 Å². The summed E-state index contributed by atoms with van der Waals surface area (Å²) in [6, 6.07) is 0.190. The van der Waals surface area contributed by atoms with Crippen LogP contribution in [0.15, 0.2) is 12.4 Å². The van der Waals surface area contributed by atoms with Gasteiger partial charge >= 0.3 is 0 Å². The molecule has 1 aromatic heterocycles. The van der Waals surface area contributed by atoms with E-state index < -0.39 is 0 Å². The summed E-state index contributed by atoms with van der Waals surface area (Å²) in [5.74, 6) is 2.01. The number of imidazole rings is 1. The van der Waals surface area contributed by atoms with Gasteiger partial charge in [-0.15, -0.1) is 0 Å². The van der Waals surface area contributed by atoms with Gasteiger partial charge in [-0.3, -0.25) is 9.69 Å². The van der Waals surface area contributed by atoms with Crippen LogP contribution in [0.5, 0.6) is 0 Å². The Hall–Kier alpha value is -1.40. The number of rotatable bonds is 4. The molecule has 4 rings (SSSR count). The fraction of sp³-hybridized carbons (Fsp3) is 0.778. The fourth-order valence-electron chi connectivity index (χ4n) is 4.15. The lowest BCUT2D eigenvalue weighted by molar-refractivity contribution is -0.187. The maximum atomic E-state index is 12.3. The normalized spacial score (nSPS) is 27.8. The second-order valence-electron chi connectivity index (χ2n) is 7.75. The van der Waals surface area contributed by atoms with Gasteiger partial charge < -0.3 is 14.2 Å². The van der Waals surface area contributed by atoms with E-state index in [4.69, 9.17) is 4.74 Å². The molecule has 24 heavy (non-hydrogen) atoms. The van der Waals surface area contributed by atoms with Gasteiger partial charge in [-0.25, -0.2) is 4.98 Å². The summed E-state index contributed by atoms with van der Waals surface area (Å²) in [6.45, 7) is 6.27. The minimum absolute atomic E-state index is 0.152. The summed E-state index contributed by atoms with van der Waals surface area (Å²) in [5.41, 5.74) is -0.152. The van der Waals surface area contributed by atoms with Gasteiger partial charge in [-0.2, -0.15) is 0 Å². The summed E-state index contributed by atoms with van der Waals surface area (Å²) in [5, 5.41) is 0. The third-order valence-electron chi connectivity index (χ3n) is 6.17. The first-order valence-corrected chi connectivity index (χ1v) is 9.19. The Balaban J connectivity index is 1.39. The molecule has 3 heterocycles. The minimum Gasteiger partial charge on any atom is -0.363 e. The smallest absolute Gasteiger partial charge is 0.248 e. The highest BCUT2D eigenvalue weighted by atomic mass is 16.5. The van der Waals surface area contributed by atoms with Crippen LogP contribution in [-0.4, -0.2) is 63.1 Å². The van der Waals surface area contributed by atoms with Crippen molar-refractivity contribution < 1.29 is 9.53 Å². The van der Waals surface area contributed by atoms with Crippen LogP contribution in [0.25, 0.3) is 0 Å². The monoisotopic (exact) mass is 332 g/mol. The van der Waals surface area contributed by atoms with Gasteiger partial charge in [0.1, 0.15) is 12.4 Å². The van der Waals surface area contributed by atoms with Crippen LogP contribution < -0.4 is 0 Å².